The molecule has 0 spiro atoms. The van der Waals surface area contributed by atoms with E-state index in [9.17, 15) is 4.79 Å². The Labute approximate surface area is 121 Å². The van der Waals surface area contributed by atoms with Gasteiger partial charge in [0.25, 0.3) is 5.91 Å². The summed E-state index contributed by atoms with van der Waals surface area (Å²) in [5, 5.41) is 3.00. The van der Waals surface area contributed by atoms with Gasteiger partial charge in [0.15, 0.2) is 5.69 Å². The third kappa shape index (κ3) is 3.46. The molecule has 0 aliphatic heterocycles. The van der Waals surface area contributed by atoms with Crippen molar-refractivity contribution in [3.63, 3.8) is 0 Å². The number of rotatable bonds is 6. The average Bonchev–Trinajstić information content (AvgIpc) is 2.46. The van der Waals surface area contributed by atoms with Gasteiger partial charge in [-0.25, -0.2) is 9.97 Å². The van der Waals surface area contributed by atoms with Gasteiger partial charge in [-0.3, -0.25) is 4.79 Å². The van der Waals surface area contributed by atoms with E-state index in [0.717, 1.165) is 12.8 Å². The predicted molar refractivity (Wildman–Crippen MR) is 82.1 cm³/mol. The summed E-state index contributed by atoms with van der Waals surface area (Å²) >= 11 is 0. The lowest BCUT2D eigenvalue weighted by atomic mass is 10.1. The molecule has 5 heteroatoms. The third-order valence-corrected chi connectivity index (χ3v) is 3.61. The summed E-state index contributed by atoms with van der Waals surface area (Å²) in [5.74, 6) is 0.851. The lowest BCUT2D eigenvalue weighted by Gasteiger charge is -2.26. The number of anilines is 1. The van der Waals surface area contributed by atoms with E-state index in [0.29, 0.717) is 17.2 Å². The Balaban J connectivity index is 3.15. The summed E-state index contributed by atoms with van der Waals surface area (Å²) in [7, 11) is 3.62. The van der Waals surface area contributed by atoms with Crippen LogP contribution in [0.5, 0.6) is 0 Å². The summed E-state index contributed by atoms with van der Waals surface area (Å²) in [6, 6.07) is 0.240. The zero-order chi connectivity index (χ0) is 15.3. The normalized spacial score (nSPS) is 11.0. The van der Waals surface area contributed by atoms with Gasteiger partial charge in [0.2, 0.25) is 0 Å². The van der Waals surface area contributed by atoms with Crippen molar-refractivity contribution in [3.05, 3.63) is 17.7 Å². The minimum atomic E-state index is -0.0487. The first kappa shape index (κ1) is 16.4. The van der Waals surface area contributed by atoms with Crippen LogP contribution >= 0.6 is 0 Å². The number of nitrogens with zero attached hydrogens (tertiary/aromatic N) is 3. The molecule has 0 aliphatic carbocycles. The fourth-order valence-corrected chi connectivity index (χ4v) is 2.19. The Morgan fingerprint density at radius 2 is 1.95 bits per heavy atom. The molecular weight excluding hydrogens is 252 g/mol. The molecule has 0 atom stereocenters. The number of nitrogens with one attached hydrogen (secondary N) is 1. The number of carbonyl (C=O) groups is 1. The van der Waals surface area contributed by atoms with Gasteiger partial charge in [0, 0.05) is 26.1 Å². The monoisotopic (exact) mass is 278 g/mol. The van der Waals surface area contributed by atoms with Crippen LogP contribution in [0.2, 0.25) is 0 Å². The van der Waals surface area contributed by atoms with E-state index in [1.807, 2.05) is 20.9 Å². The molecule has 5 nitrogen and oxygen atoms in total. The first-order valence-corrected chi connectivity index (χ1v) is 7.27. The van der Waals surface area contributed by atoms with Gasteiger partial charge in [0.1, 0.15) is 5.82 Å². The van der Waals surface area contributed by atoms with E-state index >= 15 is 0 Å². The first-order valence-electron chi connectivity index (χ1n) is 7.27. The van der Waals surface area contributed by atoms with E-state index in [4.69, 9.17) is 0 Å². The van der Waals surface area contributed by atoms with Crippen LogP contribution in [0.1, 0.15) is 62.8 Å². The number of hydrogen-bond donors (Lipinski definition) is 1. The van der Waals surface area contributed by atoms with Crippen molar-refractivity contribution in [2.24, 2.45) is 0 Å². The zero-order valence-corrected chi connectivity index (χ0v) is 13.4. The van der Waals surface area contributed by atoms with Gasteiger partial charge < -0.3 is 10.2 Å². The lowest BCUT2D eigenvalue weighted by Crippen LogP contribution is -2.37. The highest BCUT2D eigenvalue weighted by Gasteiger charge is 2.23. The van der Waals surface area contributed by atoms with Crippen molar-refractivity contribution in [3.8, 4) is 0 Å². The minimum Gasteiger partial charge on any atom is -0.385 e. The summed E-state index contributed by atoms with van der Waals surface area (Å²) in [6.07, 6.45) is 3.57. The first-order chi connectivity index (χ1) is 9.46. The molecule has 0 radical (unpaired) electrons. The highest BCUT2D eigenvalue weighted by molar-refractivity contribution is 5.97. The average molecular weight is 278 g/mol. The summed E-state index contributed by atoms with van der Waals surface area (Å²) < 4.78 is 0. The smallest absolute Gasteiger partial charge is 0.274 e. The minimum absolute atomic E-state index is 0.0487. The molecule has 1 heterocycles. The van der Waals surface area contributed by atoms with Crippen molar-refractivity contribution >= 4 is 11.6 Å². The number of amides is 1. The molecular formula is C15H26N4O. The quantitative estimate of drug-likeness (QED) is 0.869. The van der Waals surface area contributed by atoms with E-state index in [1.54, 1.807) is 18.1 Å². The van der Waals surface area contributed by atoms with E-state index in [-0.39, 0.29) is 17.9 Å². The van der Waals surface area contributed by atoms with E-state index < -0.39 is 0 Å². The molecule has 0 fully saturated rings. The van der Waals surface area contributed by atoms with Crippen LogP contribution in [0.3, 0.4) is 0 Å². The van der Waals surface area contributed by atoms with Crippen molar-refractivity contribution in [2.75, 3.05) is 19.4 Å². The molecule has 0 aromatic carbocycles. The summed E-state index contributed by atoms with van der Waals surface area (Å²) in [6.45, 7) is 8.23. The molecule has 112 valence electrons. The van der Waals surface area contributed by atoms with Crippen molar-refractivity contribution in [2.45, 2.75) is 52.5 Å². The molecule has 0 aliphatic rings. The second-order valence-electron chi connectivity index (χ2n) is 5.28. The molecule has 0 saturated heterocycles. The maximum absolute atomic E-state index is 12.7. The molecule has 0 unspecified atom stereocenters. The summed E-state index contributed by atoms with van der Waals surface area (Å²) in [4.78, 5) is 23.2. The number of hydrogen-bond acceptors (Lipinski definition) is 4. The van der Waals surface area contributed by atoms with Gasteiger partial charge in [-0.15, -0.1) is 0 Å². The largest absolute Gasteiger partial charge is 0.385 e. The highest BCUT2D eigenvalue weighted by atomic mass is 16.2. The van der Waals surface area contributed by atoms with Crippen LogP contribution in [-0.4, -0.2) is 40.9 Å². The fraction of sp³-hybridized carbons (Fsp3) is 0.667. The number of aromatic nitrogens is 2. The topological polar surface area (TPSA) is 58.1 Å². The number of carbonyl (C=O) groups excluding carboxylic acids is 1. The van der Waals surface area contributed by atoms with Crippen LogP contribution in [0.25, 0.3) is 0 Å². The van der Waals surface area contributed by atoms with E-state index in [2.05, 4.69) is 29.1 Å². The Bertz CT molecular complexity index is 455. The maximum atomic E-state index is 12.7. The molecule has 1 aromatic heterocycles. The molecule has 1 amide bonds. The second kappa shape index (κ2) is 7.22. The SMILES string of the molecule is CCC(CC)N(C)C(=O)c1nc(C(C)C)ncc1NC. The van der Waals surface area contributed by atoms with E-state index in [1.165, 1.54) is 0 Å². The van der Waals surface area contributed by atoms with Gasteiger partial charge in [-0.05, 0) is 12.8 Å². The Morgan fingerprint density at radius 3 is 2.40 bits per heavy atom. The van der Waals surface area contributed by atoms with Crippen molar-refractivity contribution in [1.29, 1.82) is 0 Å². The van der Waals surface area contributed by atoms with Gasteiger partial charge in [-0.1, -0.05) is 27.7 Å². The Morgan fingerprint density at radius 1 is 1.35 bits per heavy atom. The maximum Gasteiger partial charge on any atom is 0.274 e. The molecule has 0 saturated carbocycles. The Kier molecular flexibility index (Phi) is 5.92. The standard InChI is InChI=1S/C15H26N4O/c1-7-11(8-2)19(6)15(20)13-12(16-5)9-17-14(18-13)10(3)4/h9-11,16H,7-8H2,1-6H3. The molecule has 1 N–H and O–H groups in total. The van der Waals surface area contributed by atoms with Crippen LogP contribution < -0.4 is 5.32 Å². The van der Waals surface area contributed by atoms with Crippen LogP contribution in [0.15, 0.2) is 6.20 Å². The lowest BCUT2D eigenvalue weighted by molar-refractivity contribution is 0.0718. The fourth-order valence-electron chi connectivity index (χ4n) is 2.19. The summed E-state index contributed by atoms with van der Waals surface area (Å²) in [5.41, 5.74) is 1.14. The zero-order valence-electron chi connectivity index (χ0n) is 13.4. The van der Waals surface area contributed by atoms with Crippen LogP contribution in [-0.2, 0) is 0 Å². The third-order valence-electron chi connectivity index (χ3n) is 3.61. The van der Waals surface area contributed by atoms with Crippen LogP contribution in [0, 0.1) is 0 Å². The molecule has 20 heavy (non-hydrogen) atoms. The molecule has 1 aromatic rings. The van der Waals surface area contributed by atoms with Crippen LogP contribution in [0.4, 0.5) is 5.69 Å². The predicted octanol–water partition coefficient (Wildman–Crippen LogP) is 2.90. The van der Waals surface area contributed by atoms with Gasteiger partial charge in [0.05, 0.1) is 11.9 Å². The Hall–Kier alpha value is -1.65. The second-order valence-corrected chi connectivity index (χ2v) is 5.28. The van der Waals surface area contributed by atoms with Crippen molar-refractivity contribution in [1.82, 2.24) is 14.9 Å². The molecule has 1 rings (SSSR count). The van der Waals surface area contributed by atoms with Gasteiger partial charge >= 0.3 is 0 Å². The molecule has 0 bridgehead atoms. The van der Waals surface area contributed by atoms with Gasteiger partial charge in [-0.2, -0.15) is 0 Å². The van der Waals surface area contributed by atoms with Crippen molar-refractivity contribution < 1.29 is 4.79 Å². The highest BCUT2D eigenvalue weighted by Crippen LogP contribution is 2.19.